The van der Waals surface area contributed by atoms with Gasteiger partial charge in [-0.2, -0.15) is 13.2 Å². The number of morpholine rings is 1. The quantitative estimate of drug-likeness (QED) is 0.164. The summed E-state index contributed by atoms with van der Waals surface area (Å²) in [5, 5.41) is 8.51. The highest BCUT2D eigenvalue weighted by Gasteiger charge is 2.33. The van der Waals surface area contributed by atoms with Crippen molar-refractivity contribution >= 4 is 42.4 Å². The number of ether oxygens (including phenoxy) is 1. The molecule has 1 aliphatic rings. The summed E-state index contributed by atoms with van der Waals surface area (Å²) in [6.45, 7) is 17.0. The third-order valence-corrected chi connectivity index (χ3v) is 13.3. The molecule has 1 aliphatic heterocycles. The average Bonchev–Trinajstić information content (AvgIpc) is 3.22. The van der Waals surface area contributed by atoms with Crippen LogP contribution in [0.3, 0.4) is 0 Å². The fourth-order valence-corrected chi connectivity index (χ4v) is 6.16. The van der Waals surface area contributed by atoms with Gasteiger partial charge in [0.05, 0.1) is 33.7 Å². The first-order valence-electron chi connectivity index (χ1n) is 13.6. The fourth-order valence-electron chi connectivity index (χ4n) is 4.49. The van der Waals surface area contributed by atoms with Gasteiger partial charge in [-0.15, -0.1) is 23.2 Å². The van der Waals surface area contributed by atoms with Crippen LogP contribution in [0.25, 0.3) is 5.65 Å². The number of hydrogen-bond acceptors (Lipinski definition) is 6. The van der Waals surface area contributed by atoms with Crippen LogP contribution in [0, 0.1) is 10.5 Å². The zero-order chi connectivity index (χ0) is 29.3. The van der Waals surface area contributed by atoms with Crippen molar-refractivity contribution in [2.45, 2.75) is 65.0 Å². The van der Waals surface area contributed by atoms with Crippen LogP contribution >= 0.6 is 22.6 Å². The molecule has 40 heavy (non-hydrogen) atoms. The van der Waals surface area contributed by atoms with E-state index < -0.39 is 20.1 Å². The number of rotatable bonds is 9. The van der Waals surface area contributed by atoms with Gasteiger partial charge in [-0.25, -0.2) is 9.50 Å². The maximum Gasteiger partial charge on any atom is 0.416 e. The lowest BCUT2D eigenvalue weighted by Crippen LogP contribution is -2.42. The van der Waals surface area contributed by atoms with Crippen molar-refractivity contribution in [2.75, 3.05) is 44.4 Å². The summed E-state index contributed by atoms with van der Waals surface area (Å²) in [6.07, 6.45) is -4.13. The molecule has 0 radical (unpaired) electrons. The predicted octanol–water partition coefficient (Wildman–Crippen LogP) is 6.20. The van der Waals surface area contributed by atoms with E-state index in [4.69, 9.17) is 19.2 Å². The van der Waals surface area contributed by atoms with Crippen LogP contribution in [0.2, 0.25) is 18.1 Å². The maximum absolute atomic E-state index is 13.7. The van der Waals surface area contributed by atoms with Crippen LogP contribution in [0.1, 0.15) is 48.8 Å². The predicted molar refractivity (Wildman–Crippen MR) is 163 cm³/mol. The van der Waals surface area contributed by atoms with Crippen molar-refractivity contribution in [2.24, 2.45) is 0 Å². The van der Waals surface area contributed by atoms with Crippen molar-refractivity contribution in [1.82, 2.24) is 19.9 Å². The van der Waals surface area contributed by atoms with Crippen LogP contribution in [0.15, 0.2) is 24.3 Å². The second kappa shape index (κ2) is 12.2. The zero-order valence-corrected chi connectivity index (χ0v) is 27.2. The number of nitrogens with zero attached hydrogens (tertiary/aromatic N) is 4. The Balaban J connectivity index is 1.65. The minimum atomic E-state index is -4.41. The third-order valence-electron chi connectivity index (χ3n) is 7.99. The summed E-state index contributed by atoms with van der Waals surface area (Å²) >= 11 is 2.26. The molecule has 3 heterocycles. The lowest BCUT2D eigenvalue weighted by atomic mass is 9.98. The van der Waals surface area contributed by atoms with Crippen molar-refractivity contribution in [3.63, 3.8) is 0 Å². The van der Waals surface area contributed by atoms with E-state index >= 15 is 0 Å². The number of alkyl halides is 3. The van der Waals surface area contributed by atoms with E-state index in [1.54, 1.807) is 6.07 Å². The summed E-state index contributed by atoms with van der Waals surface area (Å²) in [7, 11) is -1.86. The molecule has 221 valence electrons. The van der Waals surface area contributed by atoms with E-state index in [1.165, 1.54) is 13.0 Å². The van der Waals surface area contributed by atoms with Crippen LogP contribution < -0.4 is 10.2 Å². The molecular weight excluding hydrogens is 650 g/mol. The molecule has 0 aliphatic carbocycles. The van der Waals surface area contributed by atoms with E-state index in [0.717, 1.165) is 39.9 Å². The number of fused-ring (bicyclic) bond motifs is 1. The first-order chi connectivity index (χ1) is 18.7. The van der Waals surface area contributed by atoms with Gasteiger partial charge in [0.2, 0.25) is 0 Å². The van der Waals surface area contributed by atoms with Crippen molar-refractivity contribution < 1.29 is 22.3 Å². The monoisotopic (exact) mass is 689 g/mol. The molecule has 3 aromatic rings. The molecule has 1 aromatic carbocycles. The zero-order valence-electron chi connectivity index (χ0n) is 24.1. The topological polar surface area (TPSA) is 63.9 Å². The molecule has 0 bridgehead atoms. The number of halogens is 4. The first kappa shape index (κ1) is 31.2. The highest BCUT2D eigenvalue weighted by Crippen LogP contribution is 2.36. The van der Waals surface area contributed by atoms with Crippen molar-refractivity contribution in [3.8, 4) is 0 Å². The van der Waals surface area contributed by atoms with Gasteiger partial charge in [0.1, 0.15) is 0 Å². The molecule has 1 N–H and O–H groups in total. The molecule has 0 spiro atoms. The highest BCUT2D eigenvalue weighted by atomic mass is 127. The largest absolute Gasteiger partial charge is 0.564 e. The van der Waals surface area contributed by atoms with Crippen molar-refractivity contribution in [1.29, 1.82) is 0 Å². The Bertz CT molecular complexity index is 1330. The molecule has 7 nitrogen and oxygen atoms in total. The van der Waals surface area contributed by atoms with Gasteiger partial charge in [-0.1, -0.05) is 32.9 Å². The van der Waals surface area contributed by atoms with Crippen molar-refractivity contribution in [3.05, 3.63) is 55.9 Å². The van der Waals surface area contributed by atoms with Crippen LogP contribution in [-0.4, -0.2) is 62.4 Å². The number of aromatic nitrogens is 3. The number of imidazole rings is 1. The summed E-state index contributed by atoms with van der Waals surface area (Å²) in [5.74, 6) is 0.807. The molecule has 0 unspecified atom stereocenters. The second-order valence-electron chi connectivity index (χ2n) is 11.7. The Kier molecular flexibility index (Phi) is 9.55. The Morgan fingerprint density at radius 2 is 1.85 bits per heavy atom. The molecule has 1 fully saturated rings. The highest BCUT2D eigenvalue weighted by molar-refractivity contribution is 14.1. The summed E-state index contributed by atoms with van der Waals surface area (Å²) in [5.41, 5.74) is 2.47. The Morgan fingerprint density at radius 1 is 1.15 bits per heavy atom. The van der Waals surface area contributed by atoms with E-state index in [0.29, 0.717) is 44.1 Å². The first-order valence-corrected chi connectivity index (χ1v) is 17.6. The van der Waals surface area contributed by atoms with Gasteiger partial charge in [0.15, 0.2) is 11.5 Å². The van der Waals surface area contributed by atoms with Crippen LogP contribution in [0.5, 0.6) is 0 Å². The van der Waals surface area contributed by atoms with E-state index in [1.807, 2.05) is 10.6 Å². The van der Waals surface area contributed by atoms with Gasteiger partial charge in [-0.05, 0) is 61.1 Å². The lowest BCUT2D eigenvalue weighted by molar-refractivity contribution is -0.138. The third kappa shape index (κ3) is 7.00. The lowest BCUT2D eigenvalue weighted by Gasteiger charge is -2.48. The molecule has 12 heteroatoms. The minimum Gasteiger partial charge on any atom is -0.564 e. The average molecular weight is 690 g/mol. The summed E-state index contributed by atoms with van der Waals surface area (Å²) in [6, 6.07) is 6.37. The van der Waals surface area contributed by atoms with Crippen LogP contribution in [0.4, 0.5) is 19.0 Å². The molecular formula is C28H39F3IN5O2Si-. The Labute approximate surface area is 249 Å². The van der Waals surface area contributed by atoms with Gasteiger partial charge >= 0.3 is 6.18 Å². The number of benzene rings is 1. The second-order valence-corrected chi connectivity index (χ2v) is 17.7. The molecule has 1 saturated heterocycles. The minimum absolute atomic E-state index is 0.130. The molecule has 4 rings (SSSR count). The molecule has 2 aromatic heterocycles. The Hall–Kier alpha value is -1.74. The molecule has 0 atom stereocenters. The number of hydrogen-bond donors (Lipinski definition) is 1. The van der Waals surface area contributed by atoms with E-state index in [9.17, 15) is 13.2 Å². The normalized spacial score (nSPS) is 15.3. The SMILES string of the molecule is Cc1c(Cc2c(CNCCO[Si-](C)(C)C(C)(C)C)nc3c(I)cc(N4CCOCC4)nn23)cccc1C(F)(F)F. The maximum atomic E-state index is 13.7. The van der Waals surface area contributed by atoms with Gasteiger partial charge in [-0.3, -0.25) is 0 Å². The van der Waals surface area contributed by atoms with Gasteiger partial charge in [0, 0.05) is 39.2 Å². The standard InChI is InChI=1S/C28H39F3IN5O2Si/c1-19-20(8-7-9-21(19)28(29,30)31)16-24-23(18-33-10-13-39-40(5,6)27(2,3)4)34-26-22(32)17-25(35-37(24)26)36-11-14-38-15-12-36/h7-9,17,33H,10-16,18H2,1-6H3/q-1. The Morgan fingerprint density at radius 3 is 2.50 bits per heavy atom. The smallest absolute Gasteiger partial charge is 0.416 e. The number of nitrogens with one attached hydrogen (secondary N) is 1. The van der Waals surface area contributed by atoms with Gasteiger partial charge < -0.3 is 19.4 Å². The molecule has 0 amide bonds. The fraction of sp³-hybridized carbons (Fsp3) is 0.571. The van der Waals surface area contributed by atoms with E-state index in [2.05, 4.69) is 66.7 Å². The summed E-state index contributed by atoms with van der Waals surface area (Å²) in [4.78, 5) is 7.08. The van der Waals surface area contributed by atoms with Crippen LogP contribution in [-0.2, 0) is 28.3 Å². The summed E-state index contributed by atoms with van der Waals surface area (Å²) < 4.78 is 55.6. The van der Waals surface area contributed by atoms with Gasteiger partial charge in [0.25, 0.3) is 0 Å². The van der Waals surface area contributed by atoms with E-state index in [-0.39, 0.29) is 17.0 Å². The molecule has 0 saturated carbocycles. The number of anilines is 1.